The summed E-state index contributed by atoms with van der Waals surface area (Å²) in [5.74, 6) is 1.09. The molecule has 0 aromatic carbocycles. The van der Waals surface area contributed by atoms with E-state index >= 15 is 0 Å². The van der Waals surface area contributed by atoms with Crippen molar-refractivity contribution in [2.24, 2.45) is 0 Å². The number of aromatic nitrogens is 5. The molecule has 8 heteroatoms. The molecule has 1 aliphatic heterocycles. The highest BCUT2D eigenvalue weighted by atomic mass is 16.5. The zero-order valence-corrected chi connectivity index (χ0v) is 14.8. The second-order valence-electron chi connectivity index (χ2n) is 6.44. The molecule has 0 aliphatic carbocycles. The fourth-order valence-electron chi connectivity index (χ4n) is 3.36. The molecule has 1 saturated heterocycles. The Morgan fingerprint density at radius 3 is 3.04 bits per heavy atom. The average molecular weight is 341 g/mol. The van der Waals surface area contributed by atoms with Gasteiger partial charge < -0.3 is 19.9 Å². The van der Waals surface area contributed by atoms with Gasteiger partial charge in [0.05, 0.1) is 35.6 Å². The summed E-state index contributed by atoms with van der Waals surface area (Å²) < 4.78 is 7.75. The number of fused-ring (bicyclic) bond motifs is 1. The Bertz CT molecular complexity index is 884. The molecule has 0 spiro atoms. The van der Waals surface area contributed by atoms with Crippen LogP contribution in [0.3, 0.4) is 0 Å². The summed E-state index contributed by atoms with van der Waals surface area (Å²) >= 11 is 0. The van der Waals surface area contributed by atoms with Gasteiger partial charge >= 0.3 is 0 Å². The van der Waals surface area contributed by atoms with Crippen molar-refractivity contribution in [3.05, 3.63) is 24.2 Å². The lowest BCUT2D eigenvalue weighted by atomic mass is 10.2. The number of ether oxygens (including phenoxy) is 1. The Kier molecular flexibility index (Phi) is 4.04. The number of nitrogens with zero attached hydrogens (tertiary/aromatic N) is 5. The summed E-state index contributed by atoms with van der Waals surface area (Å²) in [5.41, 5.74) is 2.76. The van der Waals surface area contributed by atoms with Gasteiger partial charge in [0, 0.05) is 12.7 Å². The minimum absolute atomic E-state index is 0.423. The fourth-order valence-corrected chi connectivity index (χ4v) is 3.36. The molecule has 1 fully saturated rings. The normalized spacial score (nSPS) is 18.1. The van der Waals surface area contributed by atoms with Crippen molar-refractivity contribution in [1.82, 2.24) is 29.6 Å². The first kappa shape index (κ1) is 15.9. The summed E-state index contributed by atoms with van der Waals surface area (Å²) in [7, 11) is 2.15. The molecule has 25 heavy (non-hydrogen) atoms. The van der Waals surface area contributed by atoms with Gasteiger partial charge in [-0.15, -0.1) is 0 Å². The molecular weight excluding hydrogens is 318 g/mol. The second kappa shape index (κ2) is 6.36. The van der Waals surface area contributed by atoms with Gasteiger partial charge in [-0.2, -0.15) is 15.1 Å². The standard InChI is InChI=1S/C17H23N7O/c1-4-25-16-13-5-7-18-15(13)21-17(22-16)20-14-9-19-24(11(14)2)12-6-8-23(3)10-12/h5,7,9,12H,4,6,8,10H2,1-3H3,(H2,18,20,21,22). The Labute approximate surface area is 146 Å². The molecule has 0 radical (unpaired) electrons. The molecule has 132 valence electrons. The van der Waals surface area contributed by atoms with Crippen LogP contribution in [0.15, 0.2) is 18.5 Å². The number of hydrogen-bond acceptors (Lipinski definition) is 6. The van der Waals surface area contributed by atoms with Crippen LogP contribution < -0.4 is 10.1 Å². The van der Waals surface area contributed by atoms with E-state index in [1.54, 1.807) is 0 Å². The van der Waals surface area contributed by atoms with E-state index in [0.29, 0.717) is 24.5 Å². The van der Waals surface area contributed by atoms with Crippen molar-refractivity contribution < 1.29 is 4.74 Å². The second-order valence-corrected chi connectivity index (χ2v) is 6.44. The maximum atomic E-state index is 5.65. The first-order valence-corrected chi connectivity index (χ1v) is 8.63. The van der Waals surface area contributed by atoms with Crippen molar-refractivity contribution in [2.45, 2.75) is 26.3 Å². The molecule has 3 aromatic heterocycles. The number of H-pyrrole nitrogens is 1. The molecule has 0 amide bonds. The monoisotopic (exact) mass is 341 g/mol. The predicted octanol–water partition coefficient (Wildman–Crippen LogP) is 2.48. The molecule has 1 unspecified atom stereocenters. The highest BCUT2D eigenvalue weighted by molar-refractivity contribution is 5.82. The summed E-state index contributed by atoms with van der Waals surface area (Å²) in [6, 6.07) is 2.34. The van der Waals surface area contributed by atoms with E-state index in [1.165, 1.54) is 0 Å². The van der Waals surface area contributed by atoms with Gasteiger partial charge in [-0.25, -0.2) is 0 Å². The van der Waals surface area contributed by atoms with Crippen LogP contribution in [0.25, 0.3) is 11.0 Å². The van der Waals surface area contributed by atoms with Crippen molar-refractivity contribution in [2.75, 3.05) is 32.1 Å². The summed E-state index contributed by atoms with van der Waals surface area (Å²) in [5, 5.41) is 8.74. The fraction of sp³-hybridized carbons (Fsp3) is 0.471. The van der Waals surface area contributed by atoms with Crippen molar-refractivity contribution in [3.8, 4) is 5.88 Å². The predicted molar refractivity (Wildman–Crippen MR) is 96.5 cm³/mol. The Morgan fingerprint density at radius 1 is 1.40 bits per heavy atom. The zero-order valence-electron chi connectivity index (χ0n) is 14.8. The third-order valence-corrected chi connectivity index (χ3v) is 4.67. The lowest BCUT2D eigenvalue weighted by Crippen LogP contribution is -2.18. The Hall–Kier alpha value is -2.61. The molecule has 1 atom stereocenters. The smallest absolute Gasteiger partial charge is 0.232 e. The van der Waals surface area contributed by atoms with Crippen LogP contribution in [0.1, 0.15) is 25.1 Å². The number of likely N-dealkylation sites (tertiary alicyclic amines) is 1. The summed E-state index contributed by atoms with van der Waals surface area (Å²) in [4.78, 5) is 14.5. The third kappa shape index (κ3) is 2.93. The van der Waals surface area contributed by atoms with Gasteiger partial charge in [0.2, 0.25) is 11.8 Å². The molecule has 4 heterocycles. The SMILES string of the molecule is CCOc1nc(Nc2cnn(C3CCN(C)C3)c2C)nc2[nH]ccc12. The van der Waals surface area contributed by atoms with Crippen LogP contribution in [0, 0.1) is 6.92 Å². The highest BCUT2D eigenvalue weighted by Gasteiger charge is 2.24. The van der Waals surface area contributed by atoms with E-state index in [-0.39, 0.29) is 0 Å². The van der Waals surface area contributed by atoms with Gasteiger partial charge in [-0.05, 0) is 39.9 Å². The number of aromatic amines is 1. The van der Waals surface area contributed by atoms with Crippen LogP contribution in [-0.2, 0) is 0 Å². The van der Waals surface area contributed by atoms with Gasteiger partial charge in [0.1, 0.15) is 5.65 Å². The van der Waals surface area contributed by atoms with Crippen molar-refractivity contribution in [1.29, 1.82) is 0 Å². The topological polar surface area (TPSA) is 83.9 Å². The zero-order chi connectivity index (χ0) is 17.4. The average Bonchev–Trinajstić information content (AvgIpc) is 3.29. The van der Waals surface area contributed by atoms with Crippen LogP contribution >= 0.6 is 0 Å². The van der Waals surface area contributed by atoms with Crippen molar-refractivity contribution in [3.63, 3.8) is 0 Å². The lowest BCUT2D eigenvalue weighted by Gasteiger charge is -2.14. The Balaban J connectivity index is 1.62. The first-order chi connectivity index (χ1) is 12.2. The van der Waals surface area contributed by atoms with Crippen LogP contribution in [0.5, 0.6) is 5.88 Å². The van der Waals surface area contributed by atoms with E-state index < -0.39 is 0 Å². The van der Waals surface area contributed by atoms with E-state index in [2.05, 4.69) is 48.9 Å². The molecule has 4 rings (SSSR count). The van der Waals surface area contributed by atoms with Crippen LogP contribution in [0.2, 0.25) is 0 Å². The number of likely N-dealkylation sites (N-methyl/N-ethyl adjacent to an activating group) is 1. The van der Waals surface area contributed by atoms with E-state index in [9.17, 15) is 0 Å². The quantitative estimate of drug-likeness (QED) is 0.742. The number of hydrogen-bond donors (Lipinski definition) is 2. The summed E-state index contributed by atoms with van der Waals surface area (Å²) in [6.45, 7) is 6.71. The lowest BCUT2D eigenvalue weighted by molar-refractivity contribution is 0.331. The van der Waals surface area contributed by atoms with Gasteiger partial charge in [0.15, 0.2) is 0 Å². The van der Waals surface area contributed by atoms with Crippen LogP contribution in [-0.4, -0.2) is 56.4 Å². The molecule has 2 N–H and O–H groups in total. The minimum atomic E-state index is 0.423. The van der Waals surface area contributed by atoms with Gasteiger partial charge in [-0.3, -0.25) is 4.68 Å². The van der Waals surface area contributed by atoms with E-state index in [0.717, 1.165) is 41.9 Å². The molecule has 0 bridgehead atoms. The molecule has 0 saturated carbocycles. The van der Waals surface area contributed by atoms with E-state index in [1.807, 2.05) is 25.4 Å². The van der Waals surface area contributed by atoms with Gasteiger partial charge in [0.25, 0.3) is 0 Å². The van der Waals surface area contributed by atoms with E-state index in [4.69, 9.17) is 4.74 Å². The minimum Gasteiger partial charge on any atom is -0.477 e. The third-order valence-electron chi connectivity index (χ3n) is 4.67. The molecule has 3 aromatic rings. The highest BCUT2D eigenvalue weighted by Crippen LogP contribution is 2.28. The molecular formula is C17H23N7O. The largest absolute Gasteiger partial charge is 0.477 e. The van der Waals surface area contributed by atoms with Crippen molar-refractivity contribution >= 4 is 22.7 Å². The summed E-state index contributed by atoms with van der Waals surface area (Å²) in [6.07, 6.45) is 4.81. The number of rotatable bonds is 5. The first-order valence-electron chi connectivity index (χ1n) is 8.63. The maximum absolute atomic E-state index is 5.65. The number of anilines is 2. The molecule has 8 nitrogen and oxygen atoms in total. The Morgan fingerprint density at radius 2 is 2.28 bits per heavy atom. The number of nitrogens with one attached hydrogen (secondary N) is 2. The maximum Gasteiger partial charge on any atom is 0.232 e. The molecule has 1 aliphatic rings. The van der Waals surface area contributed by atoms with Gasteiger partial charge in [-0.1, -0.05) is 0 Å². The van der Waals surface area contributed by atoms with Crippen LogP contribution in [0.4, 0.5) is 11.6 Å².